The van der Waals surface area contributed by atoms with E-state index in [1.54, 1.807) is 34.5 Å². The molecule has 0 bridgehead atoms. The van der Waals surface area contributed by atoms with Crippen molar-refractivity contribution in [2.75, 3.05) is 11.4 Å². The predicted octanol–water partition coefficient (Wildman–Crippen LogP) is 1.50. The van der Waals surface area contributed by atoms with Gasteiger partial charge in [0.05, 0.1) is 9.77 Å². The third-order valence-corrected chi connectivity index (χ3v) is 5.71. The zero-order valence-electron chi connectivity index (χ0n) is 12.6. The van der Waals surface area contributed by atoms with Gasteiger partial charge in [-0.15, -0.1) is 16.2 Å². The van der Waals surface area contributed by atoms with E-state index in [4.69, 9.17) is 0 Å². The number of amides is 2. The number of hydrazine groups is 1. The highest BCUT2D eigenvalue weighted by Crippen LogP contribution is 2.22. The van der Waals surface area contributed by atoms with Crippen molar-refractivity contribution < 1.29 is 18.0 Å². The standard InChI is InChI=1S/C15H15N3O4S2/c19-14-4-1-9-18(14)11-5-7-12(8-6-11)24(21,22)17-16-15(20)13-3-2-10-23-13/h2-3,5-8,10,17H,1,4,9H2,(H,16,20). The summed E-state index contributed by atoms with van der Waals surface area (Å²) in [6, 6.07) is 9.27. The molecule has 0 spiro atoms. The Labute approximate surface area is 143 Å². The fraction of sp³-hybridized carbons (Fsp3) is 0.200. The van der Waals surface area contributed by atoms with Crippen LogP contribution in [0.25, 0.3) is 0 Å². The average Bonchev–Trinajstić information content (AvgIpc) is 3.24. The number of thiophene rings is 1. The van der Waals surface area contributed by atoms with Crippen molar-refractivity contribution in [3.8, 4) is 0 Å². The highest BCUT2D eigenvalue weighted by atomic mass is 32.2. The van der Waals surface area contributed by atoms with Gasteiger partial charge in [0, 0.05) is 18.7 Å². The summed E-state index contributed by atoms with van der Waals surface area (Å²) in [7, 11) is -3.88. The third-order valence-electron chi connectivity index (χ3n) is 3.58. The maximum absolute atomic E-state index is 12.2. The van der Waals surface area contributed by atoms with E-state index in [-0.39, 0.29) is 10.8 Å². The van der Waals surface area contributed by atoms with Crippen molar-refractivity contribution in [3.63, 3.8) is 0 Å². The van der Waals surface area contributed by atoms with Gasteiger partial charge in [-0.1, -0.05) is 6.07 Å². The normalized spacial score (nSPS) is 14.8. The van der Waals surface area contributed by atoms with E-state index in [1.807, 2.05) is 0 Å². The Bertz CT molecular complexity index is 845. The number of hydrogen-bond acceptors (Lipinski definition) is 5. The molecule has 1 aromatic carbocycles. The van der Waals surface area contributed by atoms with Crippen LogP contribution < -0.4 is 15.2 Å². The molecule has 126 valence electrons. The first-order chi connectivity index (χ1) is 11.5. The second-order valence-corrected chi connectivity index (χ2v) is 7.81. The topological polar surface area (TPSA) is 95.6 Å². The summed E-state index contributed by atoms with van der Waals surface area (Å²) < 4.78 is 24.4. The fourth-order valence-electron chi connectivity index (χ4n) is 2.37. The van der Waals surface area contributed by atoms with Crippen molar-refractivity contribution in [1.82, 2.24) is 10.3 Å². The molecule has 9 heteroatoms. The van der Waals surface area contributed by atoms with E-state index in [0.29, 0.717) is 23.5 Å². The number of benzene rings is 1. The Morgan fingerprint density at radius 2 is 1.92 bits per heavy atom. The van der Waals surface area contributed by atoms with Crippen LogP contribution in [0.4, 0.5) is 5.69 Å². The number of anilines is 1. The van der Waals surface area contributed by atoms with Gasteiger partial charge in [0.25, 0.3) is 15.9 Å². The summed E-state index contributed by atoms with van der Waals surface area (Å²) in [5.74, 6) is -0.486. The molecule has 24 heavy (non-hydrogen) atoms. The summed E-state index contributed by atoms with van der Waals surface area (Å²) >= 11 is 1.21. The van der Waals surface area contributed by atoms with Crippen LogP contribution in [0, 0.1) is 0 Å². The number of carbonyl (C=O) groups is 2. The predicted molar refractivity (Wildman–Crippen MR) is 90.1 cm³/mol. The monoisotopic (exact) mass is 365 g/mol. The molecule has 0 aliphatic carbocycles. The average molecular weight is 365 g/mol. The van der Waals surface area contributed by atoms with Crippen LogP contribution in [-0.2, 0) is 14.8 Å². The van der Waals surface area contributed by atoms with Crippen LogP contribution in [0.3, 0.4) is 0 Å². The molecule has 1 aliphatic heterocycles. The Hall–Kier alpha value is -2.23. The molecule has 2 amide bonds. The molecule has 3 rings (SSSR count). The maximum atomic E-state index is 12.2. The SMILES string of the molecule is O=C(NNS(=O)(=O)c1ccc(N2CCCC2=O)cc1)c1cccs1. The van der Waals surface area contributed by atoms with Crippen molar-refractivity contribution in [2.24, 2.45) is 0 Å². The Kier molecular flexibility index (Phi) is 4.65. The van der Waals surface area contributed by atoms with E-state index in [9.17, 15) is 18.0 Å². The van der Waals surface area contributed by atoms with Crippen LogP contribution in [0.1, 0.15) is 22.5 Å². The van der Waals surface area contributed by atoms with Crippen molar-refractivity contribution in [2.45, 2.75) is 17.7 Å². The molecule has 1 aliphatic rings. The first-order valence-corrected chi connectivity index (χ1v) is 9.60. The molecule has 0 atom stereocenters. The van der Waals surface area contributed by atoms with Gasteiger partial charge in [-0.3, -0.25) is 15.0 Å². The van der Waals surface area contributed by atoms with E-state index in [0.717, 1.165) is 6.42 Å². The van der Waals surface area contributed by atoms with Gasteiger partial charge in [-0.2, -0.15) is 0 Å². The lowest BCUT2D eigenvalue weighted by Gasteiger charge is -2.16. The fourth-order valence-corrected chi connectivity index (χ4v) is 3.83. The highest BCUT2D eigenvalue weighted by Gasteiger charge is 2.22. The highest BCUT2D eigenvalue weighted by molar-refractivity contribution is 7.89. The molecule has 0 saturated carbocycles. The second kappa shape index (κ2) is 6.71. The lowest BCUT2D eigenvalue weighted by Crippen LogP contribution is -2.41. The number of carbonyl (C=O) groups excluding carboxylic acids is 2. The van der Waals surface area contributed by atoms with Crippen LogP contribution in [-0.4, -0.2) is 26.8 Å². The minimum Gasteiger partial charge on any atom is -0.312 e. The summed E-state index contributed by atoms with van der Waals surface area (Å²) in [6.07, 6.45) is 1.31. The van der Waals surface area contributed by atoms with Crippen LogP contribution in [0.15, 0.2) is 46.7 Å². The molecule has 1 aromatic heterocycles. The summed E-state index contributed by atoms with van der Waals surface area (Å²) in [5, 5.41) is 1.72. The molecular weight excluding hydrogens is 350 g/mol. The van der Waals surface area contributed by atoms with Gasteiger partial charge in [0.2, 0.25) is 5.91 Å². The summed E-state index contributed by atoms with van der Waals surface area (Å²) in [6.45, 7) is 0.639. The second-order valence-electron chi connectivity index (χ2n) is 5.18. The number of nitrogens with zero attached hydrogens (tertiary/aromatic N) is 1. The molecule has 7 nitrogen and oxygen atoms in total. The number of nitrogens with one attached hydrogen (secondary N) is 2. The Morgan fingerprint density at radius 1 is 1.17 bits per heavy atom. The lowest BCUT2D eigenvalue weighted by atomic mass is 10.3. The van der Waals surface area contributed by atoms with Gasteiger partial charge < -0.3 is 4.90 Å². The largest absolute Gasteiger partial charge is 0.312 e. The van der Waals surface area contributed by atoms with Crippen LogP contribution in [0.2, 0.25) is 0 Å². The number of rotatable bonds is 5. The molecule has 1 saturated heterocycles. The molecule has 1 fully saturated rings. The van der Waals surface area contributed by atoms with Crippen molar-refractivity contribution in [1.29, 1.82) is 0 Å². The Balaban J connectivity index is 1.68. The molecule has 2 aromatic rings. The molecular formula is C15H15N3O4S2. The zero-order chi connectivity index (χ0) is 17.2. The third kappa shape index (κ3) is 3.48. The lowest BCUT2D eigenvalue weighted by molar-refractivity contribution is -0.117. The molecule has 2 heterocycles. The minimum absolute atomic E-state index is 0.00405. The maximum Gasteiger partial charge on any atom is 0.276 e. The van der Waals surface area contributed by atoms with Gasteiger partial charge in [0.1, 0.15) is 0 Å². The van der Waals surface area contributed by atoms with Crippen molar-refractivity contribution in [3.05, 3.63) is 46.7 Å². The number of hydrogen-bond donors (Lipinski definition) is 2. The van der Waals surface area contributed by atoms with E-state index < -0.39 is 15.9 Å². The van der Waals surface area contributed by atoms with E-state index in [1.165, 1.54) is 23.5 Å². The van der Waals surface area contributed by atoms with Gasteiger partial charge in [-0.25, -0.2) is 8.42 Å². The van der Waals surface area contributed by atoms with Crippen LogP contribution in [0.5, 0.6) is 0 Å². The number of sulfonamides is 1. The van der Waals surface area contributed by atoms with Gasteiger partial charge in [0.15, 0.2) is 0 Å². The van der Waals surface area contributed by atoms with Gasteiger partial charge >= 0.3 is 0 Å². The van der Waals surface area contributed by atoms with E-state index >= 15 is 0 Å². The van der Waals surface area contributed by atoms with Crippen LogP contribution >= 0.6 is 11.3 Å². The molecule has 2 N–H and O–H groups in total. The summed E-state index contributed by atoms with van der Waals surface area (Å²) in [5.41, 5.74) is 2.84. The Morgan fingerprint density at radius 3 is 2.50 bits per heavy atom. The summed E-state index contributed by atoms with van der Waals surface area (Å²) in [4.78, 5) is 27.6. The van der Waals surface area contributed by atoms with Crippen molar-refractivity contribution >= 4 is 38.9 Å². The minimum atomic E-state index is -3.88. The smallest absolute Gasteiger partial charge is 0.276 e. The molecule has 0 radical (unpaired) electrons. The van der Waals surface area contributed by atoms with Gasteiger partial charge in [-0.05, 0) is 42.1 Å². The zero-order valence-corrected chi connectivity index (χ0v) is 14.2. The quantitative estimate of drug-likeness (QED) is 0.785. The first kappa shape index (κ1) is 16.6. The first-order valence-electron chi connectivity index (χ1n) is 7.23. The van der Waals surface area contributed by atoms with E-state index in [2.05, 4.69) is 10.3 Å². The molecule has 0 unspecified atom stereocenters.